The van der Waals surface area contributed by atoms with Crippen LogP contribution in [0.25, 0.3) is 0 Å². The summed E-state index contributed by atoms with van der Waals surface area (Å²) in [6.07, 6.45) is 3.22. The first-order valence-electron chi connectivity index (χ1n) is 14.6. The van der Waals surface area contributed by atoms with E-state index in [1.807, 2.05) is 15.2 Å². The number of aliphatic imine (C=N–C) groups is 1. The summed E-state index contributed by atoms with van der Waals surface area (Å²) in [5, 5.41) is 14.9. The number of aromatic nitrogens is 1. The van der Waals surface area contributed by atoms with E-state index in [-0.39, 0.29) is 30.8 Å². The van der Waals surface area contributed by atoms with Gasteiger partial charge in [-0.05, 0) is 49.8 Å². The van der Waals surface area contributed by atoms with Crippen molar-refractivity contribution < 1.29 is 28.6 Å². The number of hydrogen-bond acceptors (Lipinski definition) is 9. The molecule has 11 nitrogen and oxygen atoms in total. The van der Waals surface area contributed by atoms with Crippen LogP contribution in [0.15, 0.2) is 46.0 Å². The highest BCUT2D eigenvalue weighted by molar-refractivity contribution is 7.11. The maximum atomic E-state index is 14.7. The molecule has 0 saturated carbocycles. The molecule has 1 atom stereocenters. The molecule has 2 aromatic rings. The summed E-state index contributed by atoms with van der Waals surface area (Å²) in [6, 6.07) is 3.99. The standard InChI is InChI=1S/C30H37FN6O5S/c1-3-42-29(40)25-23(33-27(28-32-9-16-43-28)34-26(25)21-5-4-6-22(31)19(21)2)18-35-12-14-37(15-13-35)30(41)36-10-7-20(8-11-36)17-24(38)39/h4-6,9,16,20,26H,3,7-8,10-15,17-18H2,1-2H3,(H,33,34)(H,38,39). The number of carbonyl (C=O) groups excluding carboxylic acids is 2. The van der Waals surface area contributed by atoms with Gasteiger partial charge >= 0.3 is 18.0 Å². The van der Waals surface area contributed by atoms with Crippen LogP contribution in [0.3, 0.4) is 0 Å². The third-order valence-electron chi connectivity index (χ3n) is 8.23. The number of esters is 1. The van der Waals surface area contributed by atoms with Gasteiger partial charge in [-0.25, -0.2) is 19.0 Å². The molecule has 2 saturated heterocycles. The maximum Gasteiger partial charge on any atom is 0.338 e. The van der Waals surface area contributed by atoms with Crippen LogP contribution in [0.5, 0.6) is 0 Å². The predicted octanol–water partition coefficient (Wildman–Crippen LogP) is 3.42. The van der Waals surface area contributed by atoms with Gasteiger partial charge < -0.3 is 25.0 Å². The molecule has 1 unspecified atom stereocenters. The van der Waals surface area contributed by atoms with E-state index in [0.29, 0.717) is 91.9 Å². The van der Waals surface area contributed by atoms with Crippen LogP contribution in [-0.4, -0.2) is 101 Å². The third kappa shape index (κ3) is 7.04. The van der Waals surface area contributed by atoms with Crippen molar-refractivity contribution in [1.82, 2.24) is 25.0 Å². The molecule has 2 fully saturated rings. The number of carboxylic acids is 1. The van der Waals surface area contributed by atoms with Gasteiger partial charge in [-0.2, -0.15) is 0 Å². The molecular formula is C30H37FN6O5S. The lowest BCUT2D eigenvalue weighted by molar-refractivity contribution is -0.139. The Morgan fingerprint density at radius 3 is 2.49 bits per heavy atom. The average Bonchev–Trinajstić information content (AvgIpc) is 3.54. The number of piperidine rings is 1. The monoisotopic (exact) mass is 612 g/mol. The molecule has 1 aromatic carbocycles. The van der Waals surface area contributed by atoms with Crippen molar-refractivity contribution in [3.63, 3.8) is 0 Å². The van der Waals surface area contributed by atoms with Crippen molar-refractivity contribution in [3.8, 4) is 0 Å². The number of likely N-dealkylation sites (tertiary alicyclic amines) is 1. The van der Waals surface area contributed by atoms with E-state index < -0.39 is 18.0 Å². The minimum Gasteiger partial charge on any atom is -0.481 e. The molecule has 3 aliphatic rings. The average molecular weight is 613 g/mol. The molecular weight excluding hydrogens is 575 g/mol. The lowest BCUT2D eigenvalue weighted by Gasteiger charge is -2.40. The number of amidine groups is 1. The van der Waals surface area contributed by atoms with Crippen molar-refractivity contribution in [2.45, 2.75) is 39.2 Å². The van der Waals surface area contributed by atoms with Crippen LogP contribution in [0.4, 0.5) is 9.18 Å². The van der Waals surface area contributed by atoms with E-state index in [0.717, 1.165) is 0 Å². The van der Waals surface area contributed by atoms with Crippen molar-refractivity contribution in [2.24, 2.45) is 10.9 Å². The SMILES string of the molecule is CCOC(=O)C1=C(CN2CCN(C(=O)N3CCC(CC(=O)O)CC3)CC2)NC(c2nccs2)=NC1c1cccc(F)c1C. The lowest BCUT2D eigenvalue weighted by Crippen LogP contribution is -2.55. The Labute approximate surface area is 254 Å². The fraction of sp³-hybridized carbons (Fsp3) is 0.500. The molecule has 5 rings (SSSR count). The smallest absolute Gasteiger partial charge is 0.338 e. The zero-order valence-electron chi connectivity index (χ0n) is 24.4. The number of halogens is 1. The normalized spacial score (nSPS) is 20.1. The summed E-state index contributed by atoms with van der Waals surface area (Å²) >= 11 is 1.41. The van der Waals surface area contributed by atoms with Gasteiger partial charge in [0.2, 0.25) is 0 Å². The van der Waals surface area contributed by atoms with Gasteiger partial charge in [0, 0.05) is 69.5 Å². The first kappa shape index (κ1) is 30.6. The van der Waals surface area contributed by atoms with Gasteiger partial charge in [-0.1, -0.05) is 12.1 Å². The fourth-order valence-electron chi connectivity index (χ4n) is 5.86. The molecule has 4 heterocycles. The Balaban J connectivity index is 1.33. The number of urea groups is 1. The van der Waals surface area contributed by atoms with Crippen LogP contribution < -0.4 is 5.32 Å². The number of benzene rings is 1. The number of carbonyl (C=O) groups is 3. The van der Waals surface area contributed by atoms with Gasteiger partial charge in [0.1, 0.15) is 11.9 Å². The zero-order valence-corrected chi connectivity index (χ0v) is 25.2. The first-order valence-corrected chi connectivity index (χ1v) is 15.5. The van der Waals surface area contributed by atoms with E-state index in [2.05, 4.69) is 15.2 Å². The fourth-order valence-corrected chi connectivity index (χ4v) is 6.45. The van der Waals surface area contributed by atoms with Crippen molar-refractivity contribution in [1.29, 1.82) is 0 Å². The number of hydrogen-bond donors (Lipinski definition) is 2. The van der Waals surface area contributed by atoms with E-state index in [1.165, 1.54) is 17.4 Å². The van der Waals surface area contributed by atoms with Gasteiger partial charge in [-0.15, -0.1) is 11.3 Å². The number of nitrogens with one attached hydrogen (secondary N) is 1. The Morgan fingerprint density at radius 1 is 1.12 bits per heavy atom. The van der Waals surface area contributed by atoms with Crippen molar-refractivity contribution in [3.05, 3.63) is 63.0 Å². The van der Waals surface area contributed by atoms with E-state index in [1.54, 1.807) is 32.2 Å². The molecule has 0 spiro atoms. The molecule has 0 radical (unpaired) electrons. The van der Waals surface area contributed by atoms with Crippen LogP contribution in [0.1, 0.15) is 48.4 Å². The number of ether oxygens (including phenoxy) is 1. The maximum absolute atomic E-state index is 14.7. The number of amides is 2. The van der Waals surface area contributed by atoms with Gasteiger partial charge in [-0.3, -0.25) is 14.7 Å². The van der Waals surface area contributed by atoms with Crippen molar-refractivity contribution >= 4 is 35.1 Å². The Morgan fingerprint density at radius 2 is 1.84 bits per heavy atom. The summed E-state index contributed by atoms with van der Waals surface area (Å²) in [6.45, 7) is 7.35. The molecule has 2 N–H and O–H groups in total. The minimum atomic E-state index is -0.794. The number of carboxylic acid groups (broad SMARTS) is 1. The summed E-state index contributed by atoms with van der Waals surface area (Å²) in [4.78, 5) is 52.8. The molecule has 230 valence electrons. The topological polar surface area (TPSA) is 128 Å². The van der Waals surface area contributed by atoms with Gasteiger partial charge in [0.15, 0.2) is 10.8 Å². The number of rotatable bonds is 8. The molecule has 13 heteroatoms. The first-order chi connectivity index (χ1) is 20.7. The number of piperazine rings is 1. The Hall–Kier alpha value is -3.84. The highest BCUT2D eigenvalue weighted by atomic mass is 32.1. The summed E-state index contributed by atoms with van der Waals surface area (Å²) in [5.41, 5.74) is 1.95. The van der Waals surface area contributed by atoms with Crippen LogP contribution in [0.2, 0.25) is 0 Å². The quantitative estimate of drug-likeness (QED) is 0.435. The van der Waals surface area contributed by atoms with Gasteiger partial charge in [0.05, 0.1) is 12.2 Å². The van der Waals surface area contributed by atoms with E-state index >= 15 is 0 Å². The second-order valence-electron chi connectivity index (χ2n) is 11.0. The lowest BCUT2D eigenvalue weighted by atomic mass is 9.92. The summed E-state index contributed by atoms with van der Waals surface area (Å²) in [5.74, 6) is -1.07. The Kier molecular flexibility index (Phi) is 9.71. The molecule has 0 aliphatic carbocycles. The summed E-state index contributed by atoms with van der Waals surface area (Å²) in [7, 11) is 0. The van der Waals surface area contributed by atoms with Gasteiger partial charge in [0.25, 0.3) is 0 Å². The Bertz CT molecular complexity index is 1400. The predicted molar refractivity (Wildman–Crippen MR) is 159 cm³/mol. The van der Waals surface area contributed by atoms with Crippen LogP contribution in [0, 0.1) is 18.7 Å². The molecule has 0 bridgehead atoms. The minimum absolute atomic E-state index is 0.0181. The largest absolute Gasteiger partial charge is 0.481 e. The number of aliphatic carboxylic acids is 1. The zero-order chi connectivity index (χ0) is 30.5. The second-order valence-corrected chi connectivity index (χ2v) is 11.9. The molecule has 2 amide bonds. The molecule has 43 heavy (non-hydrogen) atoms. The summed E-state index contributed by atoms with van der Waals surface area (Å²) < 4.78 is 20.2. The highest BCUT2D eigenvalue weighted by Gasteiger charge is 2.36. The second kappa shape index (κ2) is 13.6. The van der Waals surface area contributed by atoms with Crippen molar-refractivity contribution in [2.75, 3.05) is 52.4 Å². The van der Waals surface area contributed by atoms with E-state index in [9.17, 15) is 18.8 Å². The third-order valence-corrected chi connectivity index (χ3v) is 9.01. The molecule has 3 aliphatic heterocycles. The number of nitrogens with zero attached hydrogens (tertiary/aromatic N) is 5. The van der Waals surface area contributed by atoms with Crippen LogP contribution >= 0.6 is 11.3 Å². The number of thiazole rings is 1. The van der Waals surface area contributed by atoms with E-state index in [4.69, 9.17) is 14.8 Å². The van der Waals surface area contributed by atoms with Crippen LogP contribution in [-0.2, 0) is 14.3 Å². The molecule has 1 aromatic heterocycles. The highest BCUT2D eigenvalue weighted by Crippen LogP contribution is 2.35.